The Labute approximate surface area is 70.8 Å². The summed E-state index contributed by atoms with van der Waals surface area (Å²) in [7, 11) is 0. The highest BCUT2D eigenvalue weighted by molar-refractivity contribution is 9.09. The van der Waals surface area contributed by atoms with Gasteiger partial charge in [-0.15, -0.1) is 0 Å². The molecule has 0 saturated heterocycles. The van der Waals surface area contributed by atoms with Crippen LogP contribution in [0.25, 0.3) is 0 Å². The van der Waals surface area contributed by atoms with Crippen LogP contribution in [0, 0.1) is 0 Å². The summed E-state index contributed by atoms with van der Waals surface area (Å²) in [6, 6.07) is 0. The Hall–Kier alpha value is -0.0500. The van der Waals surface area contributed by atoms with Crippen molar-refractivity contribution < 1.29 is 9.90 Å². The SMILES string of the molecule is CCCCCCBr.O=CO. The van der Waals surface area contributed by atoms with Gasteiger partial charge in [-0.2, -0.15) is 0 Å². The zero-order chi connectivity index (χ0) is 8.24. The van der Waals surface area contributed by atoms with Gasteiger partial charge in [0.05, 0.1) is 0 Å². The number of carboxylic acid groups (broad SMARTS) is 1. The van der Waals surface area contributed by atoms with E-state index in [-0.39, 0.29) is 6.47 Å². The molecule has 62 valence electrons. The molecule has 0 aliphatic rings. The monoisotopic (exact) mass is 210 g/mol. The van der Waals surface area contributed by atoms with E-state index in [1.54, 1.807) is 0 Å². The normalized spacial score (nSPS) is 7.80. The molecule has 0 aromatic heterocycles. The molecular weight excluding hydrogens is 196 g/mol. The van der Waals surface area contributed by atoms with Crippen LogP contribution in [0.4, 0.5) is 0 Å². The van der Waals surface area contributed by atoms with Crippen molar-refractivity contribution in [1.29, 1.82) is 0 Å². The van der Waals surface area contributed by atoms with Crippen LogP contribution < -0.4 is 0 Å². The van der Waals surface area contributed by atoms with E-state index < -0.39 is 0 Å². The molecular formula is C7H15BrO2. The van der Waals surface area contributed by atoms with Crippen molar-refractivity contribution >= 4 is 22.4 Å². The third-order valence-electron chi connectivity index (χ3n) is 0.987. The Morgan fingerprint density at radius 2 is 1.90 bits per heavy atom. The van der Waals surface area contributed by atoms with E-state index in [4.69, 9.17) is 9.90 Å². The molecule has 0 aromatic carbocycles. The van der Waals surface area contributed by atoms with E-state index in [1.807, 2.05) is 0 Å². The molecule has 0 spiro atoms. The Morgan fingerprint density at radius 3 is 2.20 bits per heavy atom. The Kier molecular flexibility index (Phi) is 20.1. The largest absolute Gasteiger partial charge is 0.483 e. The lowest BCUT2D eigenvalue weighted by molar-refractivity contribution is -0.122. The second-order valence-electron chi connectivity index (χ2n) is 1.86. The van der Waals surface area contributed by atoms with Gasteiger partial charge in [-0.1, -0.05) is 42.1 Å². The fourth-order valence-corrected chi connectivity index (χ4v) is 0.918. The molecule has 0 aliphatic heterocycles. The lowest BCUT2D eigenvalue weighted by Gasteiger charge is -1.89. The predicted octanol–water partition coefficient (Wildman–Crippen LogP) is 2.66. The average molecular weight is 211 g/mol. The van der Waals surface area contributed by atoms with E-state index in [9.17, 15) is 0 Å². The molecule has 0 bridgehead atoms. The predicted molar refractivity (Wildman–Crippen MR) is 46.6 cm³/mol. The first-order valence-electron chi connectivity index (χ1n) is 3.47. The molecule has 0 amide bonds. The van der Waals surface area contributed by atoms with Gasteiger partial charge in [0.2, 0.25) is 0 Å². The summed E-state index contributed by atoms with van der Waals surface area (Å²) in [4.78, 5) is 8.36. The number of carbonyl (C=O) groups is 1. The fraction of sp³-hybridized carbons (Fsp3) is 0.857. The third kappa shape index (κ3) is 24.6. The highest BCUT2D eigenvalue weighted by Crippen LogP contribution is 1.99. The summed E-state index contributed by atoms with van der Waals surface area (Å²) in [6.45, 7) is 1.98. The quantitative estimate of drug-likeness (QED) is 0.441. The lowest BCUT2D eigenvalue weighted by atomic mass is 10.2. The molecule has 0 saturated carbocycles. The summed E-state index contributed by atoms with van der Waals surface area (Å²) < 4.78 is 0. The van der Waals surface area contributed by atoms with Crippen LogP contribution in [-0.4, -0.2) is 16.9 Å². The van der Waals surface area contributed by atoms with Gasteiger partial charge in [0, 0.05) is 5.33 Å². The number of rotatable bonds is 4. The molecule has 2 nitrogen and oxygen atoms in total. The van der Waals surface area contributed by atoms with Crippen LogP contribution in [0.5, 0.6) is 0 Å². The van der Waals surface area contributed by atoms with Crippen molar-refractivity contribution in [3.8, 4) is 0 Å². The maximum Gasteiger partial charge on any atom is 0.290 e. The Morgan fingerprint density at radius 1 is 1.40 bits per heavy atom. The summed E-state index contributed by atoms with van der Waals surface area (Å²) in [5.74, 6) is 0. The smallest absolute Gasteiger partial charge is 0.290 e. The summed E-state index contributed by atoms with van der Waals surface area (Å²) in [5.41, 5.74) is 0. The standard InChI is InChI=1S/C6H13Br.CH2O2/c1-2-3-4-5-6-7;2-1-3/h2-6H2,1H3;1H,(H,2,3). The maximum absolute atomic E-state index is 8.36. The first-order valence-corrected chi connectivity index (χ1v) is 4.59. The first-order chi connectivity index (χ1) is 4.83. The first kappa shape index (κ1) is 12.6. The molecule has 10 heavy (non-hydrogen) atoms. The van der Waals surface area contributed by atoms with E-state index in [1.165, 1.54) is 31.0 Å². The van der Waals surface area contributed by atoms with E-state index in [2.05, 4.69) is 22.9 Å². The second kappa shape index (κ2) is 16.0. The molecule has 0 unspecified atom stereocenters. The molecule has 1 N–H and O–H groups in total. The van der Waals surface area contributed by atoms with Crippen molar-refractivity contribution in [1.82, 2.24) is 0 Å². The van der Waals surface area contributed by atoms with Gasteiger partial charge in [0.1, 0.15) is 0 Å². The molecule has 0 rings (SSSR count). The van der Waals surface area contributed by atoms with Crippen LogP contribution in [0.3, 0.4) is 0 Å². The molecule has 0 fully saturated rings. The van der Waals surface area contributed by atoms with Gasteiger partial charge in [-0.25, -0.2) is 0 Å². The number of halogens is 1. The van der Waals surface area contributed by atoms with Crippen molar-refractivity contribution in [3.05, 3.63) is 0 Å². The van der Waals surface area contributed by atoms with Gasteiger partial charge in [-0.3, -0.25) is 4.79 Å². The minimum atomic E-state index is -0.250. The highest BCUT2D eigenvalue weighted by Gasteiger charge is 1.81. The van der Waals surface area contributed by atoms with Crippen molar-refractivity contribution in [2.24, 2.45) is 0 Å². The van der Waals surface area contributed by atoms with Gasteiger partial charge >= 0.3 is 0 Å². The number of hydrogen-bond acceptors (Lipinski definition) is 1. The Balaban J connectivity index is 0. The zero-order valence-corrected chi connectivity index (χ0v) is 7.93. The third-order valence-corrected chi connectivity index (χ3v) is 1.55. The van der Waals surface area contributed by atoms with Gasteiger partial charge in [0.25, 0.3) is 6.47 Å². The van der Waals surface area contributed by atoms with Gasteiger partial charge < -0.3 is 5.11 Å². The van der Waals surface area contributed by atoms with Crippen LogP contribution in [0.15, 0.2) is 0 Å². The maximum atomic E-state index is 8.36. The number of hydrogen-bond donors (Lipinski definition) is 1. The van der Waals surface area contributed by atoms with E-state index in [0.29, 0.717) is 0 Å². The molecule has 0 aromatic rings. The summed E-state index contributed by atoms with van der Waals surface area (Å²) >= 11 is 3.38. The van der Waals surface area contributed by atoms with Crippen LogP contribution in [-0.2, 0) is 4.79 Å². The Bertz CT molecular complexity index is 53.6. The van der Waals surface area contributed by atoms with Crippen LogP contribution in [0.1, 0.15) is 32.6 Å². The molecule has 0 radical (unpaired) electrons. The minimum Gasteiger partial charge on any atom is -0.483 e. The number of alkyl halides is 1. The van der Waals surface area contributed by atoms with Gasteiger partial charge in [-0.05, 0) is 6.42 Å². The average Bonchev–Trinajstić information content (AvgIpc) is 1.91. The van der Waals surface area contributed by atoms with Crippen molar-refractivity contribution in [2.45, 2.75) is 32.6 Å². The van der Waals surface area contributed by atoms with Gasteiger partial charge in [0.15, 0.2) is 0 Å². The van der Waals surface area contributed by atoms with E-state index >= 15 is 0 Å². The molecule has 0 atom stereocenters. The zero-order valence-electron chi connectivity index (χ0n) is 6.35. The highest BCUT2D eigenvalue weighted by atomic mass is 79.9. The second-order valence-corrected chi connectivity index (χ2v) is 2.65. The van der Waals surface area contributed by atoms with E-state index in [0.717, 1.165) is 0 Å². The van der Waals surface area contributed by atoms with Crippen molar-refractivity contribution in [2.75, 3.05) is 5.33 Å². The molecule has 0 aliphatic carbocycles. The van der Waals surface area contributed by atoms with Crippen LogP contribution in [0.2, 0.25) is 0 Å². The molecule has 0 heterocycles. The van der Waals surface area contributed by atoms with Crippen LogP contribution >= 0.6 is 15.9 Å². The number of unbranched alkanes of at least 4 members (excludes halogenated alkanes) is 3. The van der Waals surface area contributed by atoms with Crippen molar-refractivity contribution in [3.63, 3.8) is 0 Å². The summed E-state index contributed by atoms with van der Waals surface area (Å²) in [5, 5.41) is 8.06. The lowest BCUT2D eigenvalue weighted by Crippen LogP contribution is -1.73. The fourth-order valence-electron chi connectivity index (χ4n) is 0.521. The summed E-state index contributed by atoms with van der Waals surface area (Å²) in [6.07, 6.45) is 5.47. The minimum absolute atomic E-state index is 0.250. The molecule has 3 heteroatoms. The topological polar surface area (TPSA) is 37.3 Å².